The van der Waals surface area contributed by atoms with Gasteiger partial charge in [-0.2, -0.15) is 0 Å². The highest BCUT2D eigenvalue weighted by Crippen LogP contribution is 2.43. The van der Waals surface area contributed by atoms with Crippen LogP contribution in [0.1, 0.15) is 142 Å². The van der Waals surface area contributed by atoms with Crippen LogP contribution in [0.25, 0.3) is 0 Å². The molecule has 9 nitrogen and oxygen atoms in total. The number of unbranched alkanes of at least 4 members (excludes halogenated alkanes) is 18. The molecular weight excluding hydrogens is 617 g/mol. The zero-order valence-corrected chi connectivity index (χ0v) is 30.4. The predicted octanol–water partition coefficient (Wildman–Crippen LogP) is 9.60. The van der Waals surface area contributed by atoms with Gasteiger partial charge in [0.2, 0.25) is 0 Å². The third kappa shape index (κ3) is 33.7. The number of carbonyl (C=O) groups excluding carboxylic acids is 2. The van der Waals surface area contributed by atoms with Crippen molar-refractivity contribution in [3.8, 4) is 0 Å². The minimum atomic E-state index is -4.41. The Bertz CT molecular complexity index is 918. The fraction of sp³-hybridized carbons (Fsp3) is 0.730. The topological polar surface area (TPSA) is 134 Å². The molecule has 3 N–H and O–H groups in total. The van der Waals surface area contributed by atoms with Crippen molar-refractivity contribution in [2.24, 2.45) is 5.73 Å². The molecule has 0 aromatic carbocycles. The van der Waals surface area contributed by atoms with Gasteiger partial charge in [-0.05, 0) is 25.7 Å². The van der Waals surface area contributed by atoms with E-state index in [1.165, 1.54) is 115 Å². The highest BCUT2D eigenvalue weighted by atomic mass is 31.2. The lowest BCUT2D eigenvalue weighted by atomic mass is 10.1. The zero-order valence-electron chi connectivity index (χ0n) is 29.5. The molecule has 0 heterocycles. The Morgan fingerprint density at radius 3 is 1.55 bits per heavy atom. The summed E-state index contributed by atoms with van der Waals surface area (Å²) in [6.45, 7) is 3.43. The van der Waals surface area contributed by atoms with Gasteiger partial charge in [-0.1, -0.05) is 153 Å². The SMILES string of the molecule is CCCCCCCCCCCC=CC=CC(=O)OC[C@H](COP(=O)(O)OCCN)OC(=O)C=CC=CCCCCCCCCCCC. The Morgan fingerprint density at radius 1 is 0.638 bits per heavy atom. The van der Waals surface area contributed by atoms with Crippen molar-refractivity contribution < 1.29 is 37.6 Å². The lowest BCUT2D eigenvalue weighted by Gasteiger charge is -2.18. The summed E-state index contributed by atoms with van der Waals surface area (Å²) in [5.41, 5.74) is 5.31. The molecule has 0 saturated carbocycles. The minimum Gasteiger partial charge on any atom is -0.458 e. The molecule has 0 spiro atoms. The fourth-order valence-corrected chi connectivity index (χ4v) is 5.45. The Morgan fingerprint density at radius 2 is 1.09 bits per heavy atom. The lowest BCUT2D eigenvalue weighted by molar-refractivity contribution is -0.154. The number of nitrogens with two attached hydrogens (primary N) is 1. The summed E-state index contributed by atoms with van der Waals surface area (Å²) >= 11 is 0. The number of phosphoric ester groups is 1. The average molecular weight is 684 g/mol. The maximum absolute atomic E-state index is 12.4. The van der Waals surface area contributed by atoms with Crippen LogP contribution < -0.4 is 5.73 Å². The largest absolute Gasteiger partial charge is 0.472 e. The van der Waals surface area contributed by atoms with Crippen LogP contribution in [0.3, 0.4) is 0 Å². The van der Waals surface area contributed by atoms with E-state index < -0.39 is 32.5 Å². The van der Waals surface area contributed by atoms with Crippen LogP contribution in [0, 0.1) is 0 Å². The molecule has 0 aromatic heterocycles. The van der Waals surface area contributed by atoms with Gasteiger partial charge in [-0.15, -0.1) is 0 Å². The number of phosphoric acid groups is 1. The van der Waals surface area contributed by atoms with Gasteiger partial charge in [0.1, 0.15) is 6.61 Å². The molecule has 47 heavy (non-hydrogen) atoms. The monoisotopic (exact) mass is 683 g/mol. The maximum Gasteiger partial charge on any atom is 0.472 e. The van der Waals surface area contributed by atoms with E-state index in [0.29, 0.717) is 0 Å². The first-order chi connectivity index (χ1) is 22.8. The maximum atomic E-state index is 12.4. The summed E-state index contributed by atoms with van der Waals surface area (Å²) in [6, 6.07) is 0. The molecule has 272 valence electrons. The van der Waals surface area contributed by atoms with Gasteiger partial charge >= 0.3 is 19.8 Å². The molecule has 0 aliphatic rings. The first-order valence-electron chi connectivity index (χ1n) is 18.2. The number of rotatable bonds is 33. The van der Waals surface area contributed by atoms with E-state index in [9.17, 15) is 19.0 Å². The van der Waals surface area contributed by atoms with E-state index in [0.717, 1.165) is 25.7 Å². The van der Waals surface area contributed by atoms with Crippen LogP contribution in [-0.2, 0) is 32.7 Å². The summed E-state index contributed by atoms with van der Waals surface area (Å²) in [7, 11) is -4.41. The number of hydrogen-bond donors (Lipinski definition) is 2. The smallest absolute Gasteiger partial charge is 0.458 e. The van der Waals surface area contributed by atoms with Gasteiger partial charge in [-0.25, -0.2) is 14.2 Å². The van der Waals surface area contributed by atoms with Crippen molar-refractivity contribution in [3.05, 3.63) is 48.6 Å². The Labute approximate surface area is 286 Å². The second-order valence-corrected chi connectivity index (χ2v) is 13.3. The molecule has 0 bridgehead atoms. The molecule has 0 radical (unpaired) electrons. The van der Waals surface area contributed by atoms with Crippen molar-refractivity contribution in [3.63, 3.8) is 0 Å². The molecule has 0 aliphatic carbocycles. The third-order valence-corrected chi connectivity index (χ3v) is 8.38. The van der Waals surface area contributed by atoms with E-state index in [4.69, 9.17) is 24.3 Å². The molecular formula is C37H66NO8P. The van der Waals surface area contributed by atoms with Crippen LogP contribution in [0.4, 0.5) is 0 Å². The van der Waals surface area contributed by atoms with E-state index in [-0.39, 0.29) is 19.8 Å². The Hall–Kier alpha value is -2.03. The van der Waals surface area contributed by atoms with Crippen molar-refractivity contribution in [1.29, 1.82) is 0 Å². The fourth-order valence-electron chi connectivity index (χ4n) is 4.69. The van der Waals surface area contributed by atoms with Gasteiger partial charge in [0.25, 0.3) is 0 Å². The molecule has 1 unspecified atom stereocenters. The summed E-state index contributed by atoms with van der Waals surface area (Å²) in [5, 5.41) is 0. The van der Waals surface area contributed by atoms with Crippen LogP contribution in [0.2, 0.25) is 0 Å². The number of esters is 2. The van der Waals surface area contributed by atoms with Crippen LogP contribution in [-0.4, -0.2) is 49.3 Å². The normalized spacial score (nSPS) is 14.0. The number of hydrogen-bond acceptors (Lipinski definition) is 8. The highest BCUT2D eigenvalue weighted by molar-refractivity contribution is 7.47. The van der Waals surface area contributed by atoms with Gasteiger partial charge in [0.15, 0.2) is 6.10 Å². The standard InChI is InChI=1S/C37H66NO8P/c1-3-5-7-9-11-13-15-17-19-21-23-25-27-29-36(39)43-33-35(34-45-47(41,42)44-32-31-38)46-37(40)30-28-26-24-22-20-18-16-14-12-10-8-6-4-2/h23-30,35H,3-22,31-34,38H2,1-2H3,(H,41,42)/t35-/m1/s1. The molecule has 0 rings (SSSR count). The van der Waals surface area contributed by atoms with Gasteiger partial charge in [0, 0.05) is 18.7 Å². The average Bonchev–Trinajstić information content (AvgIpc) is 3.05. The van der Waals surface area contributed by atoms with E-state index in [2.05, 4.69) is 13.8 Å². The lowest BCUT2D eigenvalue weighted by Crippen LogP contribution is -2.28. The predicted molar refractivity (Wildman–Crippen MR) is 192 cm³/mol. The van der Waals surface area contributed by atoms with Gasteiger partial charge in [0.05, 0.1) is 13.2 Å². The highest BCUT2D eigenvalue weighted by Gasteiger charge is 2.25. The van der Waals surface area contributed by atoms with Crippen molar-refractivity contribution >= 4 is 19.8 Å². The first-order valence-corrected chi connectivity index (χ1v) is 19.7. The van der Waals surface area contributed by atoms with Crippen LogP contribution in [0.15, 0.2) is 48.6 Å². The second-order valence-electron chi connectivity index (χ2n) is 11.9. The minimum absolute atomic E-state index is 0.0291. The van der Waals surface area contributed by atoms with E-state index in [1.54, 1.807) is 24.3 Å². The summed E-state index contributed by atoms with van der Waals surface area (Å²) in [4.78, 5) is 34.4. The Balaban J connectivity index is 4.50. The van der Waals surface area contributed by atoms with E-state index in [1.807, 2.05) is 12.2 Å². The summed E-state index contributed by atoms with van der Waals surface area (Å²) in [5.74, 6) is -1.34. The van der Waals surface area contributed by atoms with E-state index >= 15 is 0 Å². The van der Waals surface area contributed by atoms with Crippen LogP contribution in [0.5, 0.6) is 0 Å². The number of allylic oxidation sites excluding steroid dienone is 6. The molecule has 2 atom stereocenters. The van der Waals surface area contributed by atoms with Crippen molar-refractivity contribution in [2.45, 2.75) is 148 Å². The second kappa shape index (κ2) is 33.9. The molecule has 0 aromatic rings. The summed E-state index contributed by atoms with van der Waals surface area (Å²) < 4.78 is 32.2. The molecule has 0 saturated heterocycles. The quantitative estimate of drug-likeness (QED) is 0.0228. The summed E-state index contributed by atoms with van der Waals surface area (Å²) in [6.07, 6.45) is 37.0. The van der Waals surface area contributed by atoms with Crippen molar-refractivity contribution in [2.75, 3.05) is 26.4 Å². The number of ether oxygens (including phenoxy) is 2. The molecule has 0 fully saturated rings. The Kier molecular flexibility index (Phi) is 32.4. The van der Waals surface area contributed by atoms with Gasteiger partial charge in [-0.3, -0.25) is 9.05 Å². The van der Waals surface area contributed by atoms with Crippen molar-refractivity contribution in [1.82, 2.24) is 0 Å². The third-order valence-electron chi connectivity index (χ3n) is 7.40. The first kappa shape index (κ1) is 45.0. The zero-order chi connectivity index (χ0) is 34.7. The molecule has 0 aliphatic heterocycles. The van der Waals surface area contributed by atoms with Gasteiger partial charge < -0.3 is 20.1 Å². The molecule has 10 heteroatoms. The van der Waals surface area contributed by atoms with Crippen LogP contribution >= 0.6 is 7.82 Å². The molecule has 0 amide bonds. The number of carbonyl (C=O) groups is 2.